The third-order valence-electron chi connectivity index (χ3n) is 3.04. The van der Waals surface area contributed by atoms with Crippen molar-refractivity contribution >= 4 is 5.78 Å². The number of hydrogen-bond acceptors (Lipinski definition) is 2. The van der Waals surface area contributed by atoms with Gasteiger partial charge < -0.3 is 5.11 Å². The number of ketones is 1. The lowest BCUT2D eigenvalue weighted by atomic mass is 9.85. The first-order valence-electron chi connectivity index (χ1n) is 5.77. The number of aromatic hydroxyl groups is 1. The Morgan fingerprint density at radius 2 is 1.94 bits per heavy atom. The summed E-state index contributed by atoms with van der Waals surface area (Å²) in [6, 6.07) is 5.21. The Bertz CT molecular complexity index is 423. The van der Waals surface area contributed by atoms with Gasteiger partial charge in [-0.1, -0.05) is 20.8 Å². The highest BCUT2D eigenvalue weighted by atomic mass is 16.3. The molecule has 16 heavy (non-hydrogen) atoms. The van der Waals surface area contributed by atoms with Gasteiger partial charge in [0.25, 0.3) is 0 Å². The molecule has 0 saturated heterocycles. The van der Waals surface area contributed by atoms with Crippen LogP contribution in [0.25, 0.3) is 0 Å². The molecule has 0 amide bonds. The summed E-state index contributed by atoms with van der Waals surface area (Å²) >= 11 is 0. The van der Waals surface area contributed by atoms with Crippen LogP contribution in [0.3, 0.4) is 0 Å². The normalized spacial score (nSPS) is 16.2. The molecule has 0 bridgehead atoms. The predicted molar refractivity (Wildman–Crippen MR) is 63.9 cm³/mol. The van der Waals surface area contributed by atoms with Crippen LogP contribution in [0.4, 0.5) is 0 Å². The monoisotopic (exact) mass is 218 g/mol. The summed E-state index contributed by atoms with van der Waals surface area (Å²) in [6.07, 6.45) is 2.04. The molecule has 2 rings (SSSR count). The fraction of sp³-hybridized carbons (Fsp3) is 0.500. The fourth-order valence-electron chi connectivity index (χ4n) is 1.87. The van der Waals surface area contributed by atoms with Gasteiger partial charge in [-0.25, -0.2) is 0 Å². The molecule has 1 aromatic carbocycles. The SMILES string of the molecule is CC(C)(C)c1cc(C(=O)C2CC2)ccc1O. The smallest absolute Gasteiger partial charge is 0.165 e. The highest BCUT2D eigenvalue weighted by Gasteiger charge is 2.31. The molecule has 0 unspecified atom stereocenters. The molecule has 0 radical (unpaired) electrons. The average Bonchev–Trinajstić information content (AvgIpc) is 2.98. The summed E-state index contributed by atoms with van der Waals surface area (Å²) in [4.78, 5) is 11.9. The van der Waals surface area contributed by atoms with Crippen LogP contribution in [0.15, 0.2) is 18.2 Å². The van der Waals surface area contributed by atoms with E-state index in [2.05, 4.69) is 0 Å². The largest absolute Gasteiger partial charge is 0.508 e. The predicted octanol–water partition coefficient (Wildman–Crippen LogP) is 3.28. The lowest BCUT2D eigenvalue weighted by molar-refractivity contribution is 0.0967. The second-order valence-corrected chi connectivity index (χ2v) is 5.62. The van der Waals surface area contributed by atoms with Gasteiger partial charge in [-0.3, -0.25) is 4.79 Å². The first-order chi connectivity index (χ1) is 7.39. The molecule has 1 aliphatic rings. The van der Waals surface area contributed by atoms with Crippen molar-refractivity contribution in [3.8, 4) is 5.75 Å². The van der Waals surface area contributed by atoms with Crippen LogP contribution >= 0.6 is 0 Å². The van der Waals surface area contributed by atoms with Crippen LogP contribution in [0.1, 0.15) is 49.5 Å². The van der Waals surface area contributed by atoms with E-state index in [1.54, 1.807) is 12.1 Å². The van der Waals surface area contributed by atoms with Crippen molar-refractivity contribution in [1.29, 1.82) is 0 Å². The minimum atomic E-state index is -0.135. The van der Waals surface area contributed by atoms with E-state index in [1.807, 2.05) is 26.8 Å². The summed E-state index contributed by atoms with van der Waals surface area (Å²) < 4.78 is 0. The molecule has 1 N–H and O–H groups in total. The molecule has 0 aromatic heterocycles. The van der Waals surface area contributed by atoms with Gasteiger partial charge in [0.2, 0.25) is 0 Å². The van der Waals surface area contributed by atoms with E-state index in [9.17, 15) is 9.90 Å². The molecule has 0 spiro atoms. The quantitative estimate of drug-likeness (QED) is 0.773. The van der Waals surface area contributed by atoms with E-state index in [4.69, 9.17) is 0 Å². The third kappa shape index (κ3) is 2.11. The van der Waals surface area contributed by atoms with Gasteiger partial charge in [0.15, 0.2) is 5.78 Å². The number of carbonyl (C=O) groups excluding carboxylic acids is 1. The van der Waals surface area contributed by atoms with Crippen LogP contribution in [0.2, 0.25) is 0 Å². The highest BCUT2D eigenvalue weighted by Crippen LogP contribution is 2.36. The molecule has 1 aliphatic carbocycles. The van der Waals surface area contributed by atoms with Gasteiger partial charge in [0.05, 0.1) is 0 Å². The summed E-state index contributed by atoms with van der Waals surface area (Å²) in [6.45, 7) is 6.11. The Morgan fingerprint density at radius 1 is 1.31 bits per heavy atom. The van der Waals surface area contributed by atoms with Gasteiger partial charge in [-0.15, -0.1) is 0 Å². The van der Waals surface area contributed by atoms with Crippen molar-refractivity contribution in [2.75, 3.05) is 0 Å². The fourth-order valence-corrected chi connectivity index (χ4v) is 1.87. The van der Waals surface area contributed by atoms with Crippen LogP contribution in [-0.2, 0) is 5.41 Å². The molecule has 1 saturated carbocycles. The molecule has 86 valence electrons. The van der Waals surface area contributed by atoms with E-state index in [1.165, 1.54) is 0 Å². The van der Waals surface area contributed by atoms with Crippen molar-refractivity contribution in [1.82, 2.24) is 0 Å². The lowest BCUT2D eigenvalue weighted by Gasteiger charge is -2.21. The molecule has 2 nitrogen and oxygen atoms in total. The molecule has 2 heteroatoms. The Balaban J connectivity index is 2.38. The van der Waals surface area contributed by atoms with Crippen molar-refractivity contribution in [2.24, 2.45) is 5.92 Å². The van der Waals surface area contributed by atoms with Gasteiger partial charge in [-0.05, 0) is 42.0 Å². The molecule has 0 aliphatic heterocycles. The van der Waals surface area contributed by atoms with E-state index < -0.39 is 0 Å². The van der Waals surface area contributed by atoms with E-state index in [0.717, 1.165) is 24.0 Å². The zero-order chi connectivity index (χ0) is 11.9. The average molecular weight is 218 g/mol. The van der Waals surface area contributed by atoms with E-state index in [0.29, 0.717) is 0 Å². The number of Topliss-reactive ketones (excluding diaryl/α,β-unsaturated/α-hetero) is 1. The van der Waals surface area contributed by atoms with E-state index in [-0.39, 0.29) is 22.9 Å². The second-order valence-electron chi connectivity index (χ2n) is 5.62. The van der Waals surface area contributed by atoms with Crippen LogP contribution in [-0.4, -0.2) is 10.9 Å². The molecule has 1 fully saturated rings. The zero-order valence-corrected chi connectivity index (χ0v) is 10.1. The molecular formula is C14H18O2. The van der Waals surface area contributed by atoms with Crippen molar-refractivity contribution in [2.45, 2.75) is 39.0 Å². The van der Waals surface area contributed by atoms with E-state index >= 15 is 0 Å². The molecule has 0 heterocycles. The van der Waals surface area contributed by atoms with Crippen LogP contribution in [0.5, 0.6) is 5.75 Å². The van der Waals surface area contributed by atoms with Gasteiger partial charge >= 0.3 is 0 Å². The highest BCUT2D eigenvalue weighted by molar-refractivity contribution is 5.99. The first kappa shape index (κ1) is 11.2. The first-order valence-corrected chi connectivity index (χ1v) is 5.77. The summed E-state index contributed by atoms with van der Waals surface area (Å²) in [5, 5.41) is 9.80. The number of benzene rings is 1. The Morgan fingerprint density at radius 3 is 2.44 bits per heavy atom. The standard InChI is InChI=1S/C14H18O2/c1-14(2,3)11-8-10(6-7-12(11)15)13(16)9-4-5-9/h6-9,15H,4-5H2,1-3H3. The third-order valence-corrected chi connectivity index (χ3v) is 3.04. The zero-order valence-electron chi connectivity index (χ0n) is 10.1. The maximum Gasteiger partial charge on any atom is 0.165 e. The Kier molecular flexibility index (Phi) is 2.53. The van der Waals surface area contributed by atoms with Crippen molar-refractivity contribution < 1.29 is 9.90 Å². The summed E-state index contributed by atoms with van der Waals surface area (Å²) in [7, 11) is 0. The minimum absolute atomic E-state index is 0.135. The number of phenols is 1. The maximum atomic E-state index is 11.9. The lowest BCUT2D eigenvalue weighted by Crippen LogP contribution is -2.13. The van der Waals surface area contributed by atoms with Gasteiger partial charge in [0, 0.05) is 11.5 Å². The minimum Gasteiger partial charge on any atom is -0.508 e. The summed E-state index contributed by atoms with van der Waals surface area (Å²) in [5.74, 6) is 0.739. The Hall–Kier alpha value is -1.31. The van der Waals surface area contributed by atoms with Gasteiger partial charge in [0.1, 0.15) is 5.75 Å². The van der Waals surface area contributed by atoms with Crippen LogP contribution in [0, 0.1) is 5.92 Å². The second kappa shape index (κ2) is 3.62. The van der Waals surface area contributed by atoms with Crippen LogP contribution < -0.4 is 0 Å². The van der Waals surface area contributed by atoms with Gasteiger partial charge in [-0.2, -0.15) is 0 Å². The van der Waals surface area contributed by atoms with Crippen molar-refractivity contribution in [3.05, 3.63) is 29.3 Å². The van der Waals surface area contributed by atoms with Crippen molar-refractivity contribution in [3.63, 3.8) is 0 Å². The summed E-state index contributed by atoms with van der Waals surface area (Å²) in [5.41, 5.74) is 1.45. The topological polar surface area (TPSA) is 37.3 Å². The number of rotatable bonds is 2. The number of carbonyl (C=O) groups is 1. The molecule has 0 atom stereocenters. The maximum absolute atomic E-state index is 11.9. The Labute approximate surface area is 96.3 Å². The molecule has 1 aromatic rings. The molecular weight excluding hydrogens is 200 g/mol. The number of phenolic OH excluding ortho intramolecular Hbond substituents is 1. The number of hydrogen-bond donors (Lipinski definition) is 1.